The van der Waals surface area contributed by atoms with Crippen molar-refractivity contribution < 1.29 is 9.21 Å². The molecule has 0 saturated carbocycles. The summed E-state index contributed by atoms with van der Waals surface area (Å²) in [7, 11) is 0. The normalized spacial score (nSPS) is 16.9. The standard InChI is InChI=1S/C21H22ClN3O2/c1-15-19-3-2-10-24(19)11-12-25(15)14-21(26)23-13-18-8-9-20(27-18)16-4-6-17(22)7-5-16/h2-10,15H,11-14H2,1H3,(H,23,26)/t15-/m0/s1. The van der Waals surface area contributed by atoms with Crippen LogP contribution in [0.15, 0.2) is 59.1 Å². The number of aromatic nitrogens is 1. The average molecular weight is 384 g/mol. The maximum absolute atomic E-state index is 12.4. The molecule has 3 heterocycles. The summed E-state index contributed by atoms with van der Waals surface area (Å²) >= 11 is 5.92. The number of halogens is 1. The van der Waals surface area contributed by atoms with Crippen LogP contribution >= 0.6 is 11.6 Å². The highest BCUT2D eigenvalue weighted by Crippen LogP contribution is 2.25. The zero-order valence-corrected chi connectivity index (χ0v) is 15.9. The molecule has 2 aromatic heterocycles. The first-order valence-corrected chi connectivity index (χ1v) is 9.48. The monoisotopic (exact) mass is 383 g/mol. The van der Waals surface area contributed by atoms with Gasteiger partial charge in [-0.25, -0.2) is 0 Å². The Labute approximate surface area is 163 Å². The fourth-order valence-corrected chi connectivity index (χ4v) is 3.64. The van der Waals surface area contributed by atoms with Gasteiger partial charge in [0.25, 0.3) is 0 Å². The van der Waals surface area contributed by atoms with Gasteiger partial charge in [-0.3, -0.25) is 9.69 Å². The van der Waals surface area contributed by atoms with Crippen LogP contribution in [0.25, 0.3) is 11.3 Å². The molecule has 3 aromatic rings. The zero-order valence-electron chi connectivity index (χ0n) is 15.2. The van der Waals surface area contributed by atoms with Gasteiger partial charge in [0.2, 0.25) is 5.91 Å². The first-order valence-electron chi connectivity index (χ1n) is 9.10. The van der Waals surface area contributed by atoms with Gasteiger partial charge in [-0.1, -0.05) is 11.6 Å². The number of amides is 1. The molecular weight excluding hydrogens is 362 g/mol. The van der Waals surface area contributed by atoms with Gasteiger partial charge in [0.1, 0.15) is 11.5 Å². The Balaban J connectivity index is 1.32. The van der Waals surface area contributed by atoms with E-state index in [1.54, 1.807) is 0 Å². The lowest BCUT2D eigenvalue weighted by molar-refractivity contribution is -0.123. The zero-order chi connectivity index (χ0) is 18.8. The Morgan fingerprint density at radius 1 is 1.19 bits per heavy atom. The Kier molecular flexibility index (Phi) is 5.05. The van der Waals surface area contributed by atoms with Gasteiger partial charge in [-0.15, -0.1) is 0 Å². The summed E-state index contributed by atoms with van der Waals surface area (Å²) in [5.41, 5.74) is 2.22. The molecular formula is C21H22ClN3O2. The smallest absolute Gasteiger partial charge is 0.234 e. The van der Waals surface area contributed by atoms with Crippen LogP contribution in [0.3, 0.4) is 0 Å². The molecule has 1 N–H and O–H groups in total. The van der Waals surface area contributed by atoms with E-state index >= 15 is 0 Å². The van der Waals surface area contributed by atoms with Crippen LogP contribution in [-0.4, -0.2) is 28.5 Å². The van der Waals surface area contributed by atoms with Crippen molar-refractivity contribution in [3.05, 3.63) is 71.2 Å². The predicted molar refractivity (Wildman–Crippen MR) is 105 cm³/mol. The van der Waals surface area contributed by atoms with E-state index in [1.807, 2.05) is 36.4 Å². The number of carbonyl (C=O) groups is 1. The second-order valence-corrected chi connectivity index (χ2v) is 7.26. The molecule has 0 radical (unpaired) electrons. The van der Waals surface area contributed by atoms with Crippen molar-refractivity contribution >= 4 is 17.5 Å². The molecule has 27 heavy (non-hydrogen) atoms. The van der Waals surface area contributed by atoms with Crippen molar-refractivity contribution in [2.45, 2.75) is 26.1 Å². The van der Waals surface area contributed by atoms with Crippen LogP contribution in [0, 0.1) is 0 Å². The third kappa shape index (κ3) is 3.94. The van der Waals surface area contributed by atoms with Crippen LogP contribution in [-0.2, 0) is 17.9 Å². The summed E-state index contributed by atoms with van der Waals surface area (Å²) in [4.78, 5) is 14.6. The van der Waals surface area contributed by atoms with Gasteiger partial charge in [0.05, 0.1) is 13.1 Å². The maximum atomic E-state index is 12.4. The highest BCUT2D eigenvalue weighted by atomic mass is 35.5. The highest BCUT2D eigenvalue weighted by Gasteiger charge is 2.24. The summed E-state index contributed by atoms with van der Waals surface area (Å²) in [5, 5.41) is 3.65. The van der Waals surface area contributed by atoms with E-state index in [1.165, 1.54) is 5.69 Å². The molecule has 140 valence electrons. The molecule has 4 rings (SSSR count). The highest BCUT2D eigenvalue weighted by molar-refractivity contribution is 6.30. The van der Waals surface area contributed by atoms with E-state index in [9.17, 15) is 4.79 Å². The molecule has 5 nitrogen and oxygen atoms in total. The number of furan rings is 1. The average Bonchev–Trinajstić information content (AvgIpc) is 3.33. The lowest BCUT2D eigenvalue weighted by atomic mass is 10.1. The van der Waals surface area contributed by atoms with Crippen molar-refractivity contribution in [2.75, 3.05) is 13.1 Å². The Morgan fingerprint density at radius 3 is 2.81 bits per heavy atom. The van der Waals surface area contributed by atoms with E-state index in [0.29, 0.717) is 18.1 Å². The minimum absolute atomic E-state index is 0.00583. The topological polar surface area (TPSA) is 50.4 Å². The number of nitrogens with one attached hydrogen (secondary N) is 1. The number of benzene rings is 1. The van der Waals surface area contributed by atoms with Crippen LogP contribution < -0.4 is 5.32 Å². The van der Waals surface area contributed by atoms with Gasteiger partial charge in [-0.2, -0.15) is 0 Å². The fourth-order valence-electron chi connectivity index (χ4n) is 3.51. The molecule has 1 aliphatic rings. The summed E-state index contributed by atoms with van der Waals surface area (Å²) < 4.78 is 8.08. The first kappa shape index (κ1) is 17.9. The molecule has 0 fully saturated rings. The second kappa shape index (κ2) is 7.62. The molecule has 1 aliphatic heterocycles. The molecule has 0 bridgehead atoms. The molecule has 0 aliphatic carbocycles. The van der Waals surface area contributed by atoms with E-state index in [4.69, 9.17) is 16.0 Å². The van der Waals surface area contributed by atoms with Crippen molar-refractivity contribution in [1.82, 2.24) is 14.8 Å². The Bertz CT molecular complexity index is 929. The van der Waals surface area contributed by atoms with Crippen molar-refractivity contribution in [2.24, 2.45) is 0 Å². The van der Waals surface area contributed by atoms with Crippen LogP contribution in [0.2, 0.25) is 5.02 Å². The minimum Gasteiger partial charge on any atom is -0.459 e. The van der Waals surface area contributed by atoms with Crippen LogP contribution in [0.4, 0.5) is 0 Å². The van der Waals surface area contributed by atoms with Gasteiger partial charge in [0.15, 0.2) is 0 Å². The maximum Gasteiger partial charge on any atom is 0.234 e. The molecule has 0 unspecified atom stereocenters. The van der Waals surface area contributed by atoms with E-state index < -0.39 is 0 Å². The number of hydrogen-bond donors (Lipinski definition) is 1. The predicted octanol–water partition coefficient (Wildman–Crippen LogP) is 4.09. The summed E-state index contributed by atoms with van der Waals surface area (Å²) in [6.07, 6.45) is 2.10. The van der Waals surface area contributed by atoms with Crippen LogP contribution in [0.1, 0.15) is 24.4 Å². The molecule has 0 spiro atoms. The van der Waals surface area contributed by atoms with Crippen molar-refractivity contribution in [3.8, 4) is 11.3 Å². The fraction of sp³-hybridized carbons (Fsp3) is 0.286. The van der Waals surface area contributed by atoms with Crippen molar-refractivity contribution in [1.29, 1.82) is 0 Å². The Hall–Kier alpha value is -2.50. The van der Waals surface area contributed by atoms with E-state index in [2.05, 4.69) is 40.0 Å². The minimum atomic E-state index is 0.00583. The SMILES string of the molecule is C[C@H]1c2cccn2CCN1CC(=O)NCc1ccc(-c2ccc(Cl)cc2)o1. The largest absolute Gasteiger partial charge is 0.459 e. The summed E-state index contributed by atoms with van der Waals surface area (Å²) in [6, 6.07) is 15.7. The van der Waals surface area contributed by atoms with E-state index in [0.717, 1.165) is 30.2 Å². The summed E-state index contributed by atoms with van der Waals surface area (Å²) in [6.45, 7) is 4.70. The third-order valence-corrected chi connectivity index (χ3v) is 5.32. The van der Waals surface area contributed by atoms with Crippen LogP contribution in [0.5, 0.6) is 0 Å². The van der Waals surface area contributed by atoms with Gasteiger partial charge < -0.3 is 14.3 Å². The molecule has 1 amide bonds. The third-order valence-electron chi connectivity index (χ3n) is 5.07. The number of hydrogen-bond acceptors (Lipinski definition) is 3. The quantitative estimate of drug-likeness (QED) is 0.721. The molecule has 6 heteroatoms. The van der Waals surface area contributed by atoms with Gasteiger partial charge >= 0.3 is 0 Å². The molecule has 0 saturated heterocycles. The number of fused-ring (bicyclic) bond motifs is 1. The molecule has 1 aromatic carbocycles. The number of carbonyl (C=O) groups excluding carboxylic acids is 1. The lowest BCUT2D eigenvalue weighted by Gasteiger charge is -2.34. The number of nitrogens with zero attached hydrogens (tertiary/aromatic N) is 2. The first-order chi connectivity index (χ1) is 13.1. The van der Waals surface area contributed by atoms with Gasteiger partial charge in [-0.05, 0) is 55.5 Å². The number of rotatable bonds is 5. The lowest BCUT2D eigenvalue weighted by Crippen LogP contribution is -2.42. The second-order valence-electron chi connectivity index (χ2n) is 6.82. The van der Waals surface area contributed by atoms with Gasteiger partial charge in [0, 0.05) is 41.6 Å². The van der Waals surface area contributed by atoms with E-state index in [-0.39, 0.29) is 11.9 Å². The Morgan fingerprint density at radius 2 is 2.00 bits per heavy atom. The molecule has 1 atom stereocenters. The van der Waals surface area contributed by atoms with Crippen molar-refractivity contribution in [3.63, 3.8) is 0 Å². The summed E-state index contributed by atoms with van der Waals surface area (Å²) in [5.74, 6) is 1.50.